The number of anilines is 1. The van der Waals surface area contributed by atoms with Crippen LogP contribution in [0, 0.1) is 0 Å². The Hall–Kier alpha value is -3.19. The van der Waals surface area contributed by atoms with E-state index in [2.05, 4.69) is 5.48 Å². The first-order valence-electron chi connectivity index (χ1n) is 8.59. The lowest BCUT2D eigenvalue weighted by atomic mass is 10.1. The Bertz CT molecular complexity index is 876. The van der Waals surface area contributed by atoms with Gasteiger partial charge in [-0.2, -0.15) is 0 Å². The van der Waals surface area contributed by atoms with Gasteiger partial charge >= 0.3 is 0 Å². The Balaban J connectivity index is 1.81. The summed E-state index contributed by atoms with van der Waals surface area (Å²) in [6, 6.07) is 11.9. The molecule has 1 N–H and O–H groups in total. The fourth-order valence-electron chi connectivity index (χ4n) is 2.74. The standard InChI is InChI=1S/C20H20N2O5/c1-3-27-21-20(25)15-6-4-14(5-7-15)11-22-17-10-16(13(2)23)8-9-18(17)26-12-19(22)24/h4-10H,3,11-12H2,1-2H3,(H,21,25). The van der Waals surface area contributed by atoms with Gasteiger partial charge in [-0.25, -0.2) is 5.48 Å². The molecule has 0 aromatic heterocycles. The zero-order chi connectivity index (χ0) is 19.4. The SMILES string of the molecule is CCONC(=O)c1ccc(CN2C(=O)COc3ccc(C(C)=O)cc32)cc1. The number of carbonyl (C=O) groups excluding carboxylic acids is 3. The van der Waals surface area contributed by atoms with E-state index in [9.17, 15) is 14.4 Å². The highest BCUT2D eigenvalue weighted by Gasteiger charge is 2.26. The number of amides is 2. The first kappa shape index (κ1) is 18.6. The number of rotatable bonds is 6. The van der Waals surface area contributed by atoms with E-state index in [1.54, 1.807) is 54.3 Å². The zero-order valence-electron chi connectivity index (χ0n) is 15.2. The molecule has 1 aliphatic heterocycles. The number of fused-ring (bicyclic) bond motifs is 1. The number of Topliss-reactive ketones (excluding diaryl/α,β-unsaturated/α-hetero) is 1. The quantitative estimate of drug-likeness (QED) is 0.625. The molecule has 7 heteroatoms. The van der Waals surface area contributed by atoms with Crippen molar-refractivity contribution in [1.29, 1.82) is 0 Å². The molecule has 0 spiro atoms. The number of nitrogens with one attached hydrogen (secondary N) is 1. The average Bonchev–Trinajstić information content (AvgIpc) is 2.68. The predicted molar refractivity (Wildman–Crippen MR) is 98.7 cm³/mol. The Morgan fingerprint density at radius 2 is 1.85 bits per heavy atom. The van der Waals surface area contributed by atoms with Gasteiger partial charge in [-0.15, -0.1) is 0 Å². The van der Waals surface area contributed by atoms with Crippen LogP contribution in [0.4, 0.5) is 5.69 Å². The molecule has 2 aromatic rings. The molecular formula is C20H20N2O5. The molecule has 0 saturated carbocycles. The lowest BCUT2D eigenvalue weighted by molar-refractivity contribution is -0.121. The molecule has 0 bridgehead atoms. The number of ether oxygens (including phenoxy) is 1. The summed E-state index contributed by atoms with van der Waals surface area (Å²) < 4.78 is 5.46. The predicted octanol–water partition coefficient (Wildman–Crippen LogP) is 2.50. The Morgan fingerprint density at radius 3 is 2.52 bits per heavy atom. The van der Waals surface area contributed by atoms with Crippen molar-refractivity contribution < 1.29 is 24.0 Å². The molecule has 0 aliphatic carbocycles. The molecule has 0 atom stereocenters. The molecular weight excluding hydrogens is 348 g/mol. The first-order valence-corrected chi connectivity index (χ1v) is 8.59. The molecule has 3 rings (SSSR count). The Kier molecular flexibility index (Phi) is 5.52. The molecule has 0 fully saturated rings. The smallest absolute Gasteiger partial charge is 0.274 e. The molecule has 0 saturated heterocycles. The summed E-state index contributed by atoms with van der Waals surface area (Å²) in [7, 11) is 0. The molecule has 1 aliphatic rings. The van der Waals surface area contributed by atoms with E-state index in [0.29, 0.717) is 35.7 Å². The average molecular weight is 368 g/mol. The minimum Gasteiger partial charge on any atom is -0.482 e. The van der Waals surface area contributed by atoms with Crippen LogP contribution in [0.2, 0.25) is 0 Å². The van der Waals surface area contributed by atoms with Crippen LogP contribution in [-0.2, 0) is 16.2 Å². The topological polar surface area (TPSA) is 84.9 Å². The van der Waals surface area contributed by atoms with Gasteiger partial charge in [-0.05, 0) is 49.7 Å². The van der Waals surface area contributed by atoms with Gasteiger partial charge in [-0.1, -0.05) is 12.1 Å². The van der Waals surface area contributed by atoms with Gasteiger partial charge in [0.2, 0.25) is 0 Å². The third-order valence-corrected chi connectivity index (χ3v) is 4.17. The van der Waals surface area contributed by atoms with Gasteiger partial charge in [0.15, 0.2) is 12.4 Å². The molecule has 2 aromatic carbocycles. The summed E-state index contributed by atoms with van der Waals surface area (Å²) in [5, 5.41) is 0. The van der Waals surface area contributed by atoms with E-state index in [1.807, 2.05) is 0 Å². The largest absolute Gasteiger partial charge is 0.482 e. The van der Waals surface area contributed by atoms with Gasteiger partial charge in [0.25, 0.3) is 11.8 Å². The van der Waals surface area contributed by atoms with Crippen molar-refractivity contribution >= 4 is 23.3 Å². The fourth-order valence-corrected chi connectivity index (χ4v) is 2.74. The first-order chi connectivity index (χ1) is 13.0. The van der Waals surface area contributed by atoms with Crippen molar-refractivity contribution in [2.45, 2.75) is 20.4 Å². The number of ketones is 1. The summed E-state index contributed by atoms with van der Waals surface area (Å²) >= 11 is 0. The summed E-state index contributed by atoms with van der Waals surface area (Å²) in [4.78, 5) is 42.4. The van der Waals surface area contributed by atoms with Crippen molar-refractivity contribution in [3.05, 3.63) is 59.2 Å². The number of carbonyl (C=O) groups is 3. The van der Waals surface area contributed by atoms with Crippen molar-refractivity contribution in [2.75, 3.05) is 18.1 Å². The van der Waals surface area contributed by atoms with Crippen LogP contribution in [0.1, 0.15) is 40.1 Å². The molecule has 0 unspecified atom stereocenters. The third kappa shape index (κ3) is 4.15. The number of hydrogen-bond acceptors (Lipinski definition) is 5. The second-order valence-corrected chi connectivity index (χ2v) is 6.07. The van der Waals surface area contributed by atoms with Crippen LogP contribution in [-0.4, -0.2) is 30.8 Å². The normalized spacial score (nSPS) is 13.0. The van der Waals surface area contributed by atoms with Crippen LogP contribution in [0.25, 0.3) is 0 Å². The van der Waals surface area contributed by atoms with Gasteiger partial charge < -0.3 is 9.64 Å². The summed E-state index contributed by atoms with van der Waals surface area (Å²) in [6.45, 7) is 3.89. The van der Waals surface area contributed by atoms with Crippen molar-refractivity contribution in [1.82, 2.24) is 5.48 Å². The maximum atomic E-state index is 12.4. The summed E-state index contributed by atoms with van der Waals surface area (Å²) in [5.74, 6) is -0.0450. The van der Waals surface area contributed by atoms with Crippen LogP contribution in [0.3, 0.4) is 0 Å². The molecule has 1 heterocycles. The number of hydroxylamine groups is 1. The van der Waals surface area contributed by atoms with Crippen LogP contribution >= 0.6 is 0 Å². The monoisotopic (exact) mass is 368 g/mol. The van der Waals surface area contributed by atoms with E-state index in [4.69, 9.17) is 9.57 Å². The number of nitrogens with zero attached hydrogens (tertiary/aromatic N) is 1. The zero-order valence-corrected chi connectivity index (χ0v) is 15.2. The van der Waals surface area contributed by atoms with Crippen molar-refractivity contribution in [2.24, 2.45) is 0 Å². The molecule has 0 radical (unpaired) electrons. The van der Waals surface area contributed by atoms with Crippen LogP contribution in [0.5, 0.6) is 5.75 Å². The Morgan fingerprint density at radius 1 is 1.15 bits per heavy atom. The molecule has 27 heavy (non-hydrogen) atoms. The highest BCUT2D eigenvalue weighted by atomic mass is 16.6. The fraction of sp³-hybridized carbons (Fsp3) is 0.250. The highest BCUT2D eigenvalue weighted by Crippen LogP contribution is 2.34. The molecule has 140 valence electrons. The van der Waals surface area contributed by atoms with E-state index in [1.165, 1.54) is 6.92 Å². The van der Waals surface area contributed by atoms with Gasteiger partial charge in [0, 0.05) is 11.1 Å². The number of hydrogen-bond donors (Lipinski definition) is 1. The minimum absolute atomic E-state index is 0.0543. The summed E-state index contributed by atoms with van der Waals surface area (Å²) in [5.41, 5.74) is 4.72. The highest BCUT2D eigenvalue weighted by molar-refractivity contribution is 6.01. The van der Waals surface area contributed by atoms with Crippen molar-refractivity contribution in [3.8, 4) is 5.75 Å². The van der Waals surface area contributed by atoms with E-state index < -0.39 is 0 Å². The lowest BCUT2D eigenvalue weighted by Gasteiger charge is -2.29. The second-order valence-electron chi connectivity index (χ2n) is 6.07. The lowest BCUT2D eigenvalue weighted by Crippen LogP contribution is -2.38. The van der Waals surface area contributed by atoms with Crippen LogP contribution in [0.15, 0.2) is 42.5 Å². The minimum atomic E-state index is -0.331. The van der Waals surface area contributed by atoms with Gasteiger partial charge in [0.1, 0.15) is 5.75 Å². The van der Waals surface area contributed by atoms with Crippen LogP contribution < -0.4 is 15.1 Å². The number of benzene rings is 2. The van der Waals surface area contributed by atoms with Crippen molar-refractivity contribution in [3.63, 3.8) is 0 Å². The van der Waals surface area contributed by atoms with E-state index in [-0.39, 0.29) is 24.2 Å². The Labute approximate surface area is 156 Å². The summed E-state index contributed by atoms with van der Waals surface area (Å²) in [6.07, 6.45) is 0. The van der Waals surface area contributed by atoms with E-state index >= 15 is 0 Å². The second kappa shape index (κ2) is 8.01. The van der Waals surface area contributed by atoms with E-state index in [0.717, 1.165) is 5.56 Å². The molecule has 2 amide bonds. The van der Waals surface area contributed by atoms with Gasteiger partial charge in [-0.3, -0.25) is 19.2 Å². The van der Waals surface area contributed by atoms with Gasteiger partial charge in [0.05, 0.1) is 18.8 Å². The maximum Gasteiger partial charge on any atom is 0.274 e. The maximum absolute atomic E-state index is 12.4. The third-order valence-electron chi connectivity index (χ3n) is 4.17. The molecule has 7 nitrogen and oxygen atoms in total.